The molecule has 6 heteroatoms. The van der Waals surface area contributed by atoms with Gasteiger partial charge in [-0.2, -0.15) is 4.39 Å². The van der Waals surface area contributed by atoms with Crippen molar-refractivity contribution in [2.75, 3.05) is 6.54 Å². The number of nitrogens with zero attached hydrogens (tertiary/aromatic N) is 1. The topological polar surface area (TPSA) is 34.1 Å². The van der Waals surface area contributed by atoms with Gasteiger partial charge >= 0.3 is 0 Å². The monoisotopic (exact) mass is 342 g/mol. The number of hydrogen-bond acceptors (Lipinski definition) is 3. The summed E-state index contributed by atoms with van der Waals surface area (Å²) in [4.78, 5) is 4.16. The molecule has 0 aliphatic rings. The van der Waals surface area contributed by atoms with Gasteiger partial charge in [-0.05, 0) is 24.7 Å². The van der Waals surface area contributed by atoms with E-state index in [0.29, 0.717) is 16.8 Å². The normalized spacial score (nSPS) is 10.6. The van der Waals surface area contributed by atoms with Crippen molar-refractivity contribution in [2.24, 2.45) is 0 Å². The van der Waals surface area contributed by atoms with Crippen LogP contribution in [0, 0.1) is 11.6 Å². The highest BCUT2D eigenvalue weighted by molar-refractivity contribution is 9.10. The van der Waals surface area contributed by atoms with Gasteiger partial charge in [-0.1, -0.05) is 22.9 Å². The highest BCUT2D eigenvalue weighted by Gasteiger charge is 2.12. The van der Waals surface area contributed by atoms with Crippen molar-refractivity contribution in [3.8, 4) is 11.5 Å². The fraction of sp³-hybridized carbons (Fsp3) is 0.214. The summed E-state index contributed by atoms with van der Waals surface area (Å²) in [5, 5.41) is 3.13. The second-order valence-corrected chi connectivity index (χ2v) is 4.98. The van der Waals surface area contributed by atoms with Crippen LogP contribution in [0.2, 0.25) is 0 Å². The molecule has 1 heterocycles. The average Bonchev–Trinajstić information content (AvgIpc) is 2.42. The van der Waals surface area contributed by atoms with Gasteiger partial charge in [0.05, 0.1) is 5.69 Å². The molecule has 1 N–H and O–H groups in total. The van der Waals surface area contributed by atoms with Crippen LogP contribution in [0.5, 0.6) is 11.5 Å². The van der Waals surface area contributed by atoms with E-state index in [2.05, 4.69) is 26.2 Å². The SMILES string of the molecule is CCNCc1cc(Oc2cc(Br)cc(F)c2F)ccn1. The number of pyridine rings is 1. The maximum atomic E-state index is 13.6. The van der Waals surface area contributed by atoms with E-state index in [0.717, 1.165) is 18.3 Å². The van der Waals surface area contributed by atoms with Crippen LogP contribution >= 0.6 is 15.9 Å². The Kier molecular flexibility index (Phi) is 5.03. The summed E-state index contributed by atoms with van der Waals surface area (Å²) in [5.74, 6) is -1.74. The van der Waals surface area contributed by atoms with Crippen molar-refractivity contribution in [3.63, 3.8) is 0 Å². The fourth-order valence-electron chi connectivity index (χ4n) is 1.60. The number of benzene rings is 1. The molecule has 0 fully saturated rings. The van der Waals surface area contributed by atoms with Crippen molar-refractivity contribution < 1.29 is 13.5 Å². The zero-order valence-corrected chi connectivity index (χ0v) is 12.4. The lowest BCUT2D eigenvalue weighted by molar-refractivity contribution is 0.414. The highest BCUT2D eigenvalue weighted by atomic mass is 79.9. The predicted molar refractivity (Wildman–Crippen MR) is 75.7 cm³/mol. The molecule has 2 rings (SSSR count). The zero-order chi connectivity index (χ0) is 14.5. The molecule has 0 saturated heterocycles. The molecule has 0 amide bonds. The minimum Gasteiger partial charge on any atom is -0.454 e. The van der Waals surface area contributed by atoms with E-state index in [-0.39, 0.29) is 5.75 Å². The van der Waals surface area contributed by atoms with Gasteiger partial charge in [0.2, 0.25) is 5.82 Å². The van der Waals surface area contributed by atoms with Crippen LogP contribution in [0.1, 0.15) is 12.6 Å². The number of nitrogens with one attached hydrogen (secondary N) is 1. The smallest absolute Gasteiger partial charge is 0.201 e. The van der Waals surface area contributed by atoms with Gasteiger partial charge < -0.3 is 10.1 Å². The first-order valence-corrected chi connectivity index (χ1v) is 6.87. The molecule has 0 atom stereocenters. The molecule has 1 aromatic heterocycles. The number of hydrogen-bond donors (Lipinski definition) is 1. The van der Waals surface area contributed by atoms with E-state index in [4.69, 9.17) is 4.74 Å². The number of ether oxygens (including phenoxy) is 1. The van der Waals surface area contributed by atoms with Gasteiger partial charge in [-0.15, -0.1) is 0 Å². The van der Waals surface area contributed by atoms with Crippen molar-refractivity contribution in [1.82, 2.24) is 10.3 Å². The Morgan fingerprint density at radius 3 is 2.85 bits per heavy atom. The molecule has 3 nitrogen and oxygen atoms in total. The van der Waals surface area contributed by atoms with Crippen LogP contribution < -0.4 is 10.1 Å². The number of aromatic nitrogens is 1. The highest BCUT2D eigenvalue weighted by Crippen LogP contribution is 2.29. The predicted octanol–water partition coefficient (Wildman–Crippen LogP) is 4.02. The Morgan fingerprint density at radius 2 is 2.10 bits per heavy atom. The van der Waals surface area contributed by atoms with E-state index in [9.17, 15) is 8.78 Å². The standard InChI is InChI=1S/C14H13BrF2N2O/c1-2-18-8-10-7-11(3-4-19-10)20-13-6-9(15)5-12(16)14(13)17/h3-7,18H,2,8H2,1H3. The third-order valence-electron chi connectivity index (χ3n) is 2.53. The van der Waals surface area contributed by atoms with Gasteiger partial charge in [0.15, 0.2) is 11.6 Å². The molecular formula is C14H13BrF2N2O. The molecule has 2 aromatic rings. The van der Waals surface area contributed by atoms with Gasteiger partial charge in [-0.25, -0.2) is 4.39 Å². The molecule has 0 saturated carbocycles. The van der Waals surface area contributed by atoms with Gasteiger partial charge in [-0.3, -0.25) is 4.98 Å². The van der Waals surface area contributed by atoms with E-state index < -0.39 is 11.6 Å². The lowest BCUT2D eigenvalue weighted by Gasteiger charge is -2.09. The minimum absolute atomic E-state index is 0.169. The summed E-state index contributed by atoms with van der Waals surface area (Å²) in [7, 11) is 0. The van der Waals surface area contributed by atoms with Crippen LogP contribution in [0.3, 0.4) is 0 Å². The van der Waals surface area contributed by atoms with E-state index in [1.165, 1.54) is 6.07 Å². The molecule has 0 aliphatic carbocycles. The van der Waals surface area contributed by atoms with Crippen molar-refractivity contribution >= 4 is 15.9 Å². The van der Waals surface area contributed by atoms with Crippen LogP contribution in [0.4, 0.5) is 8.78 Å². The lowest BCUT2D eigenvalue weighted by Crippen LogP contribution is -2.12. The number of halogens is 3. The first-order valence-electron chi connectivity index (χ1n) is 6.08. The van der Waals surface area contributed by atoms with Crippen LogP contribution in [-0.2, 0) is 6.54 Å². The maximum Gasteiger partial charge on any atom is 0.201 e. The zero-order valence-electron chi connectivity index (χ0n) is 10.8. The lowest BCUT2D eigenvalue weighted by atomic mass is 10.3. The maximum absolute atomic E-state index is 13.6. The largest absolute Gasteiger partial charge is 0.454 e. The van der Waals surface area contributed by atoms with Gasteiger partial charge in [0.1, 0.15) is 5.75 Å². The van der Waals surface area contributed by atoms with E-state index in [1.54, 1.807) is 18.3 Å². The van der Waals surface area contributed by atoms with E-state index >= 15 is 0 Å². The van der Waals surface area contributed by atoms with Crippen LogP contribution in [0.25, 0.3) is 0 Å². The third-order valence-corrected chi connectivity index (χ3v) is 2.99. The fourth-order valence-corrected chi connectivity index (χ4v) is 2.01. The third kappa shape index (κ3) is 3.74. The minimum atomic E-state index is -1.02. The average molecular weight is 343 g/mol. The second kappa shape index (κ2) is 6.76. The Hall–Kier alpha value is -1.53. The molecule has 0 aliphatic heterocycles. The molecule has 0 unspecified atom stereocenters. The molecule has 0 bridgehead atoms. The molecule has 1 aromatic carbocycles. The summed E-state index contributed by atoms with van der Waals surface area (Å²) < 4.78 is 32.7. The van der Waals surface area contributed by atoms with Crippen molar-refractivity contribution in [1.29, 1.82) is 0 Å². The Balaban J connectivity index is 2.21. The molecule has 0 radical (unpaired) electrons. The Morgan fingerprint density at radius 1 is 1.30 bits per heavy atom. The number of rotatable bonds is 5. The summed E-state index contributed by atoms with van der Waals surface area (Å²) in [6, 6.07) is 5.70. The molecular weight excluding hydrogens is 330 g/mol. The quantitative estimate of drug-likeness (QED) is 0.833. The first kappa shape index (κ1) is 14.9. The van der Waals surface area contributed by atoms with E-state index in [1.807, 2.05) is 6.92 Å². The summed E-state index contributed by atoms with van der Waals surface area (Å²) in [6.07, 6.45) is 1.56. The first-order chi connectivity index (χ1) is 9.60. The van der Waals surface area contributed by atoms with Crippen molar-refractivity contribution in [3.05, 3.63) is 52.3 Å². The van der Waals surface area contributed by atoms with Crippen LogP contribution in [-0.4, -0.2) is 11.5 Å². The Labute approximate surface area is 124 Å². The Bertz CT molecular complexity index is 608. The summed E-state index contributed by atoms with van der Waals surface area (Å²) in [5.41, 5.74) is 0.764. The molecule has 20 heavy (non-hydrogen) atoms. The van der Waals surface area contributed by atoms with Gasteiger partial charge in [0.25, 0.3) is 0 Å². The molecule has 106 valence electrons. The van der Waals surface area contributed by atoms with Crippen molar-refractivity contribution in [2.45, 2.75) is 13.5 Å². The summed E-state index contributed by atoms with van der Waals surface area (Å²) >= 11 is 3.10. The van der Waals surface area contributed by atoms with Crippen LogP contribution in [0.15, 0.2) is 34.9 Å². The summed E-state index contributed by atoms with van der Waals surface area (Å²) in [6.45, 7) is 3.39. The van der Waals surface area contributed by atoms with Gasteiger partial charge in [0, 0.05) is 23.3 Å². The second-order valence-electron chi connectivity index (χ2n) is 4.07. The molecule has 0 spiro atoms.